The molecule has 0 unspecified atom stereocenters. The van der Waals surface area contributed by atoms with Gasteiger partial charge in [0.2, 0.25) is 5.91 Å². The molecule has 0 aliphatic carbocycles. The van der Waals surface area contributed by atoms with Gasteiger partial charge in [-0.1, -0.05) is 42.5 Å². The van der Waals surface area contributed by atoms with Crippen molar-refractivity contribution in [3.8, 4) is 0 Å². The summed E-state index contributed by atoms with van der Waals surface area (Å²) in [5.74, 6) is -0.139. The quantitative estimate of drug-likeness (QED) is 0.473. The van der Waals surface area contributed by atoms with Crippen LogP contribution in [-0.2, 0) is 11.3 Å². The molecule has 176 valence electrons. The number of nitrogens with zero attached hydrogens (tertiary/aromatic N) is 2. The average molecular weight is 456 g/mol. The molecule has 0 radical (unpaired) electrons. The van der Waals surface area contributed by atoms with E-state index in [0.717, 1.165) is 49.5 Å². The molecule has 4 rings (SSSR count). The molecule has 34 heavy (non-hydrogen) atoms. The van der Waals surface area contributed by atoms with Gasteiger partial charge in [0.15, 0.2) is 5.78 Å². The third-order valence-electron chi connectivity index (χ3n) is 6.55. The van der Waals surface area contributed by atoms with Crippen LogP contribution in [0.1, 0.15) is 39.9 Å². The Balaban J connectivity index is 1.22. The molecular formula is C29H33N3O2. The summed E-state index contributed by atoms with van der Waals surface area (Å²) >= 11 is 0. The lowest BCUT2D eigenvalue weighted by Gasteiger charge is -2.36. The Morgan fingerprint density at radius 1 is 0.794 bits per heavy atom. The van der Waals surface area contributed by atoms with Crippen molar-refractivity contribution in [2.24, 2.45) is 0 Å². The number of hydrogen-bond acceptors (Lipinski definition) is 4. The topological polar surface area (TPSA) is 52.7 Å². The Labute approximate surface area is 202 Å². The molecular weight excluding hydrogens is 422 g/mol. The van der Waals surface area contributed by atoms with Crippen molar-refractivity contribution in [2.45, 2.75) is 33.2 Å². The first-order valence-electron chi connectivity index (χ1n) is 12.0. The molecule has 0 bridgehead atoms. The number of carbonyl (C=O) groups excluding carboxylic acids is 2. The zero-order valence-electron chi connectivity index (χ0n) is 20.1. The fraction of sp³-hybridized carbons (Fsp3) is 0.310. The number of carbonyl (C=O) groups is 2. The van der Waals surface area contributed by atoms with Crippen LogP contribution in [0.25, 0.3) is 0 Å². The smallest absolute Gasteiger partial charge is 0.224 e. The largest absolute Gasteiger partial charge is 0.369 e. The molecule has 0 atom stereocenters. The van der Waals surface area contributed by atoms with Crippen LogP contribution in [0.15, 0.2) is 72.8 Å². The van der Waals surface area contributed by atoms with E-state index in [-0.39, 0.29) is 24.5 Å². The van der Waals surface area contributed by atoms with Crippen LogP contribution < -0.4 is 10.2 Å². The normalized spacial score (nSPS) is 14.1. The van der Waals surface area contributed by atoms with Gasteiger partial charge in [-0.05, 0) is 60.9 Å². The first-order valence-corrected chi connectivity index (χ1v) is 12.0. The third kappa shape index (κ3) is 6.33. The summed E-state index contributed by atoms with van der Waals surface area (Å²) in [6.07, 6.45) is 0.385. The molecule has 1 heterocycles. The predicted octanol–water partition coefficient (Wildman–Crippen LogP) is 5.23. The summed E-state index contributed by atoms with van der Waals surface area (Å²) in [6.45, 7) is 9.04. The molecule has 1 fully saturated rings. The zero-order valence-corrected chi connectivity index (χ0v) is 20.1. The number of piperazine rings is 1. The fourth-order valence-corrected chi connectivity index (χ4v) is 4.27. The predicted molar refractivity (Wildman–Crippen MR) is 138 cm³/mol. The van der Waals surface area contributed by atoms with Crippen LogP contribution in [0.5, 0.6) is 0 Å². The van der Waals surface area contributed by atoms with Crippen molar-refractivity contribution >= 4 is 23.1 Å². The lowest BCUT2D eigenvalue weighted by atomic mass is 10.0. The number of hydrogen-bond donors (Lipinski definition) is 1. The Hall–Kier alpha value is -3.44. The van der Waals surface area contributed by atoms with Crippen LogP contribution in [-0.4, -0.2) is 42.8 Å². The Morgan fingerprint density at radius 3 is 2.18 bits per heavy atom. The maximum atomic E-state index is 12.4. The van der Waals surface area contributed by atoms with E-state index in [1.807, 2.05) is 44.2 Å². The van der Waals surface area contributed by atoms with Gasteiger partial charge in [-0.15, -0.1) is 0 Å². The summed E-state index contributed by atoms with van der Waals surface area (Å²) in [5, 5.41) is 2.92. The summed E-state index contributed by atoms with van der Waals surface area (Å²) in [5.41, 5.74) is 6.20. The highest BCUT2D eigenvalue weighted by atomic mass is 16.2. The van der Waals surface area contributed by atoms with E-state index in [1.54, 1.807) is 0 Å². The van der Waals surface area contributed by atoms with E-state index in [0.29, 0.717) is 5.56 Å². The highest BCUT2D eigenvalue weighted by Gasteiger charge is 2.17. The van der Waals surface area contributed by atoms with Crippen molar-refractivity contribution in [2.75, 3.05) is 36.4 Å². The minimum atomic E-state index is -0.139. The number of amides is 1. The summed E-state index contributed by atoms with van der Waals surface area (Å²) < 4.78 is 0. The van der Waals surface area contributed by atoms with Gasteiger partial charge in [-0.25, -0.2) is 0 Å². The fourth-order valence-electron chi connectivity index (χ4n) is 4.27. The minimum Gasteiger partial charge on any atom is -0.369 e. The molecule has 1 amide bonds. The molecule has 5 heteroatoms. The second kappa shape index (κ2) is 11.1. The Morgan fingerprint density at radius 2 is 1.50 bits per heavy atom. The first-order chi connectivity index (χ1) is 16.5. The van der Waals surface area contributed by atoms with Crippen LogP contribution in [0.4, 0.5) is 11.4 Å². The van der Waals surface area contributed by atoms with E-state index in [1.165, 1.54) is 11.3 Å². The molecule has 1 aliphatic rings. The van der Waals surface area contributed by atoms with Gasteiger partial charge in [0.05, 0.1) is 0 Å². The van der Waals surface area contributed by atoms with Gasteiger partial charge in [0, 0.05) is 62.5 Å². The molecule has 1 aliphatic heterocycles. The van der Waals surface area contributed by atoms with Crippen LogP contribution >= 0.6 is 0 Å². The second-order valence-corrected chi connectivity index (χ2v) is 9.07. The lowest BCUT2D eigenvalue weighted by Crippen LogP contribution is -2.45. The molecule has 5 nitrogen and oxygen atoms in total. The molecule has 3 aromatic rings. The minimum absolute atomic E-state index is 0.00000422. The Kier molecular flexibility index (Phi) is 7.76. The molecule has 1 N–H and O–H groups in total. The highest BCUT2D eigenvalue weighted by molar-refractivity contribution is 6.00. The van der Waals surface area contributed by atoms with E-state index >= 15 is 0 Å². The van der Waals surface area contributed by atoms with E-state index < -0.39 is 0 Å². The van der Waals surface area contributed by atoms with Gasteiger partial charge >= 0.3 is 0 Å². The van der Waals surface area contributed by atoms with Gasteiger partial charge < -0.3 is 10.2 Å². The number of Topliss-reactive ketones (excluding diaryl/α,β-unsaturated/α-hetero) is 1. The number of benzene rings is 3. The summed E-state index contributed by atoms with van der Waals surface area (Å²) in [6, 6.07) is 24.3. The number of ketones is 1. The summed E-state index contributed by atoms with van der Waals surface area (Å²) in [7, 11) is 0. The van der Waals surface area contributed by atoms with Crippen molar-refractivity contribution in [1.29, 1.82) is 0 Å². The highest BCUT2D eigenvalue weighted by Crippen LogP contribution is 2.21. The van der Waals surface area contributed by atoms with Crippen molar-refractivity contribution in [1.82, 2.24) is 4.90 Å². The van der Waals surface area contributed by atoms with Crippen molar-refractivity contribution in [3.05, 3.63) is 95.1 Å². The van der Waals surface area contributed by atoms with E-state index in [4.69, 9.17) is 0 Å². The second-order valence-electron chi connectivity index (χ2n) is 9.07. The van der Waals surface area contributed by atoms with Crippen LogP contribution in [0.3, 0.4) is 0 Å². The number of anilines is 2. The molecule has 0 spiro atoms. The van der Waals surface area contributed by atoms with Crippen LogP contribution in [0.2, 0.25) is 0 Å². The third-order valence-corrected chi connectivity index (χ3v) is 6.55. The number of nitrogens with one attached hydrogen (secondary N) is 1. The van der Waals surface area contributed by atoms with E-state index in [2.05, 4.69) is 57.6 Å². The average Bonchev–Trinajstić information content (AvgIpc) is 2.86. The van der Waals surface area contributed by atoms with Gasteiger partial charge in [-0.3, -0.25) is 14.5 Å². The molecule has 0 aromatic heterocycles. The molecule has 1 saturated heterocycles. The summed E-state index contributed by atoms with van der Waals surface area (Å²) in [4.78, 5) is 29.7. The lowest BCUT2D eigenvalue weighted by molar-refractivity contribution is -0.116. The van der Waals surface area contributed by atoms with Gasteiger partial charge in [0.1, 0.15) is 0 Å². The standard InChI is InChI=1S/C29H33N3O2/c1-22-8-9-25(20-23(22)2)28(33)14-15-29(34)30-26-10-12-27(13-11-26)32-18-16-31(17-19-32)21-24-6-4-3-5-7-24/h3-13,20H,14-19,21H2,1-2H3,(H,30,34). The zero-order chi connectivity index (χ0) is 23.9. The Bertz CT molecular complexity index is 1120. The number of rotatable bonds is 8. The van der Waals surface area contributed by atoms with Crippen molar-refractivity contribution in [3.63, 3.8) is 0 Å². The number of aryl methyl sites for hydroxylation is 2. The first kappa shape index (κ1) is 23.7. The SMILES string of the molecule is Cc1ccc(C(=O)CCC(=O)Nc2ccc(N3CCN(Cc4ccccc4)CC3)cc2)cc1C. The van der Waals surface area contributed by atoms with E-state index in [9.17, 15) is 9.59 Å². The molecule has 3 aromatic carbocycles. The monoisotopic (exact) mass is 455 g/mol. The van der Waals surface area contributed by atoms with Gasteiger partial charge in [0.25, 0.3) is 0 Å². The molecule has 0 saturated carbocycles. The van der Waals surface area contributed by atoms with Gasteiger partial charge in [-0.2, -0.15) is 0 Å². The maximum absolute atomic E-state index is 12.4. The van der Waals surface area contributed by atoms with Crippen LogP contribution in [0, 0.1) is 13.8 Å². The van der Waals surface area contributed by atoms with Crippen molar-refractivity contribution < 1.29 is 9.59 Å². The maximum Gasteiger partial charge on any atom is 0.224 e.